The zero-order chi connectivity index (χ0) is 45.4. The molecule has 8 aromatic rings. The number of fused-ring (bicyclic) bond motifs is 2. The molecule has 0 unspecified atom stereocenters. The van der Waals surface area contributed by atoms with E-state index in [1.54, 1.807) is 24.3 Å². The van der Waals surface area contributed by atoms with E-state index in [4.69, 9.17) is 28.9 Å². The van der Waals surface area contributed by atoms with Crippen molar-refractivity contribution in [1.82, 2.24) is 9.97 Å². The first-order chi connectivity index (χ1) is 30.7. The van der Waals surface area contributed by atoms with E-state index < -0.39 is 21.7 Å². The van der Waals surface area contributed by atoms with Crippen molar-refractivity contribution in [3.05, 3.63) is 178 Å². The largest absolute Gasteiger partial charge is 0.399 e. The Morgan fingerprint density at radius 3 is 1.53 bits per heavy atom. The Morgan fingerprint density at radius 2 is 1.08 bits per heavy atom. The molecule has 320 valence electrons. The monoisotopic (exact) mass is 912 g/mol. The number of rotatable bonds is 12. The molecule has 0 bridgehead atoms. The highest BCUT2D eigenvalue weighted by atomic mass is 35.5. The van der Waals surface area contributed by atoms with Crippen LogP contribution >= 0.6 is 23.2 Å². The Labute approximate surface area is 377 Å². The minimum Gasteiger partial charge on any atom is -0.399 e. The van der Waals surface area contributed by atoms with Crippen molar-refractivity contribution in [3.63, 3.8) is 0 Å². The highest BCUT2D eigenvalue weighted by molar-refractivity contribution is 7.92. The molecule has 0 saturated carbocycles. The van der Waals surface area contributed by atoms with Crippen LogP contribution in [0.25, 0.3) is 21.8 Å². The SMILES string of the molecule is CS(=O)(=O)Nc1cccc(CNc2ccc3ncc(C#N)c(Nc4ccc(F)c(Cl)c4)c3c2)c1.N#Cc1cnc2ccc(NCc3cccc(N)c3)cc2c1Nc1ccc(F)c(Cl)c1. The molecule has 12 nitrogen and oxygen atoms in total. The van der Waals surface area contributed by atoms with Crippen molar-refractivity contribution in [3.8, 4) is 12.1 Å². The Hall–Kier alpha value is -7.69. The van der Waals surface area contributed by atoms with E-state index in [0.717, 1.165) is 39.7 Å². The summed E-state index contributed by atoms with van der Waals surface area (Å²) >= 11 is 11.8. The van der Waals surface area contributed by atoms with E-state index in [-0.39, 0.29) is 10.0 Å². The zero-order valence-electron chi connectivity index (χ0n) is 33.7. The van der Waals surface area contributed by atoms with Crippen LogP contribution in [0.1, 0.15) is 22.3 Å². The third kappa shape index (κ3) is 11.2. The number of pyridine rings is 2. The lowest BCUT2D eigenvalue weighted by molar-refractivity contribution is 0.606. The predicted molar refractivity (Wildman–Crippen MR) is 253 cm³/mol. The van der Waals surface area contributed by atoms with Gasteiger partial charge >= 0.3 is 0 Å². The van der Waals surface area contributed by atoms with Crippen LogP contribution in [0.5, 0.6) is 0 Å². The van der Waals surface area contributed by atoms with Gasteiger partial charge in [0, 0.05) is 70.4 Å². The molecule has 2 aromatic heterocycles. The molecular formula is C47H36Cl2F2N10O2S. The normalized spacial score (nSPS) is 10.9. The summed E-state index contributed by atoms with van der Waals surface area (Å²) in [5.74, 6) is -1.04. The molecule has 0 aliphatic carbocycles. The van der Waals surface area contributed by atoms with Crippen molar-refractivity contribution in [1.29, 1.82) is 10.5 Å². The van der Waals surface area contributed by atoms with Gasteiger partial charge in [-0.25, -0.2) is 17.2 Å². The molecule has 0 amide bonds. The molecule has 0 aliphatic rings. The van der Waals surface area contributed by atoms with Crippen LogP contribution < -0.4 is 31.7 Å². The third-order valence-electron chi connectivity index (χ3n) is 9.53. The van der Waals surface area contributed by atoms with Crippen LogP contribution in [0.2, 0.25) is 10.0 Å². The van der Waals surface area contributed by atoms with Gasteiger partial charge < -0.3 is 27.0 Å². The number of benzene rings is 6. The maximum atomic E-state index is 13.6. The summed E-state index contributed by atoms with van der Waals surface area (Å²) in [6, 6.07) is 38.8. The quantitative estimate of drug-likeness (QED) is 0.0639. The van der Waals surface area contributed by atoms with E-state index in [0.29, 0.717) is 69.2 Å². The van der Waals surface area contributed by atoms with Crippen LogP contribution in [-0.4, -0.2) is 24.6 Å². The van der Waals surface area contributed by atoms with E-state index in [1.807, 2.05) is 66.7 Å². The van der Waals surface area contributed by atoms with Gasteiger partial charge in [0.15, 0.2) is 0 Å². The number of nitrogen functional groups attached to an aromatic ring is 1. The maximum absolute atomic E-state index is 13.6. The number of hydrogen-bond acceptors (Lipinski definition) is 11. The van der Waals surface area contributed by atoms with Crippen molar-refractivity contribution < 1.29 is 17.2 Å². The average Bonchev–Trinajstić information content (AvgIpc) is 3.27. The molecular weight excluding hydrogens is 878 g/mol. The number of nitriles is 2. The van der Waals surface area contributed by atoms with Crippen molar-refractivity contribution in [2.45, 2.75) is 13.1 Å². The number of nitrogens with one attached hydrogen (secondary N) is 5. The van der Waals surface area contributed by atoms with E-state index in [9.17, 15) is 27.7 Å². The van der Waals surface area contributed by atoms with Gasteiger partial charge in [0.1, 0.15) is 23.8 Å². The van der Waals surface area contributed by atoms with E-state index >= 15 is 0 Å². The zero-order valence-corrected chi connectivity index (χ0v) is 36.0. The summed E-state index contributed by atoms with van der Waals surface area (Å²) in [7, 11) is -3.37. The Balaban J connectivity index is 0.000000193. The van der Waals surface area contributed by atoms with Crippen LogP contribution in [0, 0.1) is 34.3 Å². The Kier molecular flexibility index (Phi) is 13.6. The van der Waals surface area contributed by atoms with Gasteiger partial charge in [0.2, 0.25) is 10.0 Å². The maximum Gasteiger partial charge on any atom is 0.229 e. The molecule has 0 aliphatic heterocycles. The van der Waals surface area contributed by atoms with Gasteiger partial charge in [-0.3, -0.25) is 14.7 Å². The summed E-state index contributed by atoms with van der Waals surface area (Å²) in [4.78, 5) is 8.71. The molecule has 7 N–H and O–H groups in total. The number of aromatic nitrogens is 2. The number of halogens is 4. The molecule has 0 fully saturated rings. The second-order valence-corrected chi connectivity index (χ2v) is 16.9. The molecule has 0 saturated heterocycles. The minimum absolute atomic E-state index is 0.00126. The lowest BCUT2D eigenvalue weighted by Gasteiger charge is -2.14. The Bertz CT molecular complexity index is 3250. The van der Waals surface area contributed by atoms with Crippen LogP contribution in [0.3, 0.4) is 0 Å². The van der Waals surface area contributed by atoms with Gasteiger partial charge in [0.25, 0.3) is 0 Å². The third-order valence-corrected chi connectivity index (χ3v) is 10.7. The molecule has 0 atom stereocenters. The second-order valence-electron chi connectivity index (χ2n) is 14.3. The van der Waals surface area contributed by atoms with Gasteiger partial charge in [-0.2, -0.15) is 10.5 Å². The number of anilines is 8. The lowest BCUT2D eigenvalue weighted by Crippen LogP contribution is -2.10. The highest BCUT2D eigenvalue weighted by Gasteiger charge is 2.14. The van der Waals surface area contributed by atoms with Crippen LogP contribution in [0.15, 0.2) is 134 Å². The first kappa shape index (κ1) is 44.4. The van der Waals surface area contributed by atoms with Crippen molar-refractivity contribution >= 4 is 101 Å². The smallest absolute Gasteiger partial charge is 0.229 e. The molecule has 6 aromatic carbocycles. The van der Waals surface area contributed by atoms with Gasteiger partial charge in [-0.1, -0.05) is 47.5 Å². The second kappa shape index (κ2) is 19.6. The Morgan fingerprint density at radius 1 is 0.609 bits per heavy atom. The summed E-state index contributed by atoms with van der Waals surface area (Å²) < 4.78 is 52.5. The standard InChI is InChI=1S/C24H19ClFN5O2S.C23H17ClFN5/c1-34(32,33)31-19-4-2-3-15(9-19)13-28-17-6-8-23-20(10-17)24(16(12-27)14-29-23)30-18-5-7-22(26)21(25)11-18;24-20-10-18(4-6-21(20)25)30-23-15(11-26)13-29-22-7-5-17(9-19(22)23)28-12-14-2-1-3-16(27)8-14/h2-11,14,28,31H,13H2,1H3,(H,29,30);1-10,13,28H,12,27H2,(H,29,30). The van der Waals surface area contributed by atoms with E-state index in [2.05, 4.69) is 48.1 Å². The highest BCUT2D eigenvalue weighted by Crippen LogP contribution is 2.34. The van der Waals surface area contributed by atoms with Gasteiger partial charge in [-0.05, 0) is 108 Å². The van der Waals surface area contributed by atoms with Crippen LogP contribution in [-0.2, 0) is 23.1 Å². The number of nitrogens with two attached hydrogens (primary N) is 1. The summed E-state index contributed by atoms with van der Waals surface area (Å²) in [5, 5.41) is 33.6. The lowest BCUT2D eigenvalue weighted by atomic mass is 10.1. The van der Waals surface area contributed by atoms with E-state index in [1.165, 1.54) is 42.7 Å². The fraction of sp³-hybridized carbons (Fsp3) is 0.0638. The molecule has 8 rings (SSSR count). The summed E-state index contributed by atoms with van der Waals surface area (Å²) in [5.41, 5.74) is 14.9. The average molecular weight is 914 g/mol. The number of nitrogens with zero attached hydrogens (tertiary/aromatic N) is 4. The topological polar surface area (TPSA) is 194 Å². The first-order valence-electron chi connectivity index (χ1n) is 19.2. The number of sulfonamides is 1. The van der Waals surface area contributed by atoms with Crippen LogP contribution in [0.4, 0.5) is 54.3 Å². The molecule has 0 radical (unpaired) electrons. The van der Waals surface area contributed by atoms with Crippen molar-refractivity contribution in [2.75, 3.05) is 38.0 Å². The molecule has 0 spiro atoms. The minimum atomic E-state index is -3.37. The molecule has 64 heavy (non-hydrogen) atoms. The predicted octanol–water partition coefficient (Wildman–Crippen LogP) is 11.5. The summed E-state index contributed by atoms with van der Waals surface area (Å²) in [6.07, 6.45) is 4.08. The first-order valence-corrected chi connectivity index (χ1v) is 21.9. The molecule has 17 heteroatoms. The fourth-order valence-electron chi connectivity index (χ4n) is 6.55. The molecule has 2 heterocycles. The fourth-order valence-corrected chi connectivity index (χ4v) is 7.47. The summed E-state index contributed by atoms with van der Waals surface area (Å²) in [6.45, 7) is 1.03. The number of hydrogen-bond donors (Lipinski definition) is 6. The van der Waals surface area contributed by atoms with Gasteiger partial charge in [-0.15, -0.1) is 0 Å². The van der Waals surface area contributed by atoms with Gasteiger partial charge in [0.05, 0.1) is 49.8 Å². The van der Waals surface area contributed by atoms with Crippen molar-refractivity contribution in [2.24, 2.45) is 0 Å².